The smallest absolute Gasteiger partial charge is 0.105 e. The van der Waals surface area contributed by atoms with E-state index in [2.05, 4.69) is 25.7 Å². The number of hydrogen-bond donors (Lipinski definition) is 1. The van der Waals surface area contributed by atoms with Gasteiger partial charge < -0.3 is 10.6 Å². The van der Waals surface area contributed by atoms with Crippen LogP contribution in [0.15, 0.2) is 18.2 Å². The zero-order valence-electron chi connectivity index (χ0n) is 11.9. The van der Waals surface area contributed by atoms with Crippen LogP contribution in [0.5, 0.6) is 0 Å². The Morgan fingerprint density at radius 1 is 1.37 bits per heavy atom. The van der Waals surface area contributed by atoms with Gasteiger partial charge >= 0.3 is 0 Å². The summed E-state index contributed by atoms with van der Waals surface area (Å²) in [6.07, 6.45) is 3.68. The van der Waals surface area contributed by atoms with Crippen molar-refractivity contribution < 1.29 is 0 Å². The number of benzene rings is 1. The molecule has 2 nitrogen and oxygen atoms in total. The Morgan fingerprint density at radius 2 is 2.05 bits per heavy atom. The van der Waals surface area contributed by atoms with Crippen molar-refractivity contribution in [2.24, 2.45) is 5.73 Å². The number of rotatable bonds is 7. The number of anilines is 1. The fraction of sp³-hybridized carbons (Fsp3) is 0.533. The summed E-state index contributed by atoms with van der Waals surface area (Å²) in [5.41, 5.74) is 7.52. The van der Waals surface area contributed by atoms with Gasteiger partial charge in [0.1, 0.15) is 4.99 Å². The molecule has 1 rings (SSSR count). The van der Waals surface area contributed by atoms with Gasteiger partial charge in [0.25, 0.3) is 0 Å². The first-order valence-corrected chi connectivity index (χ1v) is 7.62. The summed E-state index contributed by atoms with van der Waals surface area (Å²) in [4.78, 5) is 2.71. The van der Waals surface area contributed by atoms with Crippen molar-refractivity contribution in [2.45, 2.75) is 46.1 Å². The molecule has 0 aliphatic rings. The summed E-state index contributed by atoms with van der Waals surface area (Å²) in [7, 11) is 0. The number of nitrogens with zero attached hydrogens (tertiary/aromatic N) is 1. The second kappa shape index (κ2) is 7.71. The summed E-state index contributed by atoms with van der Waals surface area (Å²) in [6.45, 7) is 7.66. The molecular formula is C15H23ClN2S. The molecule has 1 aromatic rings. The molecule has 0 spiro atoms. The molecule has 0 heterocycles. The lowest BCUT2D eigenvalue weighted by molar-refractivity contribution is 0.626. The summed E-state index contributed by atoms with van der Waals surface area (Å²) in [5, 5.41) is 0.631. The van der Waals surface area contributed by atoms with Gasteiger partial charge in [-0.1, -0.05) is 43.6 Å². The van der Waals surface area contributed by atoms with Crippen LogP contribution in [0.1, 0.15) is 45.6 Å². The first-order valence-electron chi connectivity index (χ1n) is 6.83. The molecule has 0 aliphatic carbocycles. The molecule has 0 saturated carbocycles. The van der Waals surface area contributed by atoms with E-state index in [0.717, 1.165) is 17.8 Å². The van der Waals surface area contributed by atoms with Crippen molar-refractivity contribution >= 4 is 34.5 Å². The molecular weight excluding hydrogens is 276 g/mol. The number of unbranched alkanes of at least 4 members (excludes halogenated alkanes) is 2. The molecule has 0 radical (unpaired) electrons. The summed E-state index contributed by atoms with van der Waals surface area (Å²) in [6, 6.07) is 6.37. The Bertz CT molecular complexity index is 432. The van der Waals surface area contributed by atoms with Crippen LogP contribution < -0.4 is 10.6 Å². The van der Waals surface area contributed by atoms with E-state index in [-0.39, 0.29) is 0 Å². The SMILES string of the molecule is CCCCCN(c1ccc(C(N)=S)c(Cl)c1)C(C)C. The van der Waals surface area contributed by atoms with E-state index < -0.39 is 0 Å². The predicted octanol–water partition coefficient (Wildman–Crippen LogP) is 4.38. The highest BCUT2D eigenvalue weighted by molar-refractivity contribution is 7.80. The van der Waals surface area contributed by atoms with Crippen molar-refractivity contribution in [1.82, 2.24) is 0 Å². The summed E-state index contributed by atoms with van der Waals surface area (Å²) in [5.74, 6) is 0. The van der Waals surface area contributed by atoms with E-state index in [9.17, 15) is 0 Å². The Hall–Kier alpha value is -0.800. The van der Waals surface area contributed by atoms with Gasteiger partial charge in [-0.3, -0.25) is 0 Å². The average Bonchev–Trinajstić information content (AvgIpc) is 2.33. The predicted molar refractivity (Wildman–Crippen MR) is 89.3 cm³/mol. The quantitative estimate of drug-likeness (QED) is 0.598. The minimum Gasteiger partial charge on any atom is -0.389 e. The molecule has 0 bridgehead atoms. The molecule has 0 aromatic heterocycles. The van der Waals surface area contributed by atoms with Gasteiger partial charge in [-0.15, -0.1) is 0 Å². The lowest BCUT2D eigenvalue weighted by Crippen LogP contribution is -2.31. The lowest BCUT2D eigenvalue weighted by Gasteiger charge is -2.29. The Morgan fingerprint density at radius 3 is 2.53 bits per heavy atom. The third kappa shape index (κ3) is 4.66. The second-order valence-electron chi connectivity index (χ2n) is 5.02. The minimum absolute atomic E-state index is 0.346. The zero-order chi connectivity index (χ0) is 14.4. The van der Waals surface area contributed by atoms with Crippen LogP contribution in [0, 0.1) is 0 Å². The van der Waals surface area contributed by atoms with Crippen LogP contribution in [0.3, 0.4) is 0 Å². The number of nitrogens with two attached hydrogens (primary N) is 1. The highest BCUT2D eigenvalue weighted by Crippen LogP contribution is 2.25. The Labute approximate surface area is 126 Å². The highest BCUT2D eigenvalue weighted by Gasteiger charge is 2.12. The maximum Gasteiger partial charge on any atom is 0.105 e. The largest absolute Gasteiger partial charge is 0.389 e. The van der Waals surface area contributed by atoms with Gasteiger partial charge in [0.05, 0.1) is 5.02 Å². The zero-order valence-corrected chi connectivity index (χ0v) is 13.5. The van der Waals surface area contributed by atoms with Gasteiger partial charge in [0, 0.05) is 23.8 Å². The van der Waals surface area contributed by atoms with E-state index in [0.29, 0.717) is 16.1 Å². The van der Waals surface area contributed by atoms with Gasteiger partial charge in [-0.2, -0.15) is 0 Å². The monoisotopic (exact) mass is 298 g/mol. The van der Waals surface area contributed by atoms with Gasteiger partial charge in [-0.05, 0) is 38.5 Å². The minimum atomic E-state index is 0.346. The maximum absolute atomic E-state index is 6.24. The van der Waals surface area contributed by atoms with Crippen LogP contribution in [-0.2, 0) is 0 Å². The van der Waals surface area contributed by atoms with E-state index in [1.165, 1.54) is 19.3 Å². The number of halogens is 1. The van der Waals surface area contributed by atoms with Crippen molar-refractivity contribution in [1.29, 1.82) is 0 Å². The topological polar surface area (TPSA) is 29.3 Å². The van der Waals surface area contributed by atoms with Crippen LogP contribution in [0.2, 0.25) is 5.02 Å². The molecule has 0 atom stereocenters. The van der Waals surface area contributed by atoms with Gasteiger partial charge in [0.15, 0.2) is 0 Å². The van der Waals surface area contributed by atoms with Crippen LogP contribution >= 0.6 is 23.8 Å². The molecule has 0 aliphatic heterocycles. The highest BCUT2D eigenvalue weighted by atomic mass is 35.5. The molecule has 0 unspecified atom stereocenters. The fourth-order valence-corrected chi connectivity index (χ4v) is 2.61. The third-order valence-electron chi connectivity index (χ3n) is 3.18. The molecule has 2 N–H and O–H groups in total. The van der Waals surface area contributed by atoms with E-state index in [4.69, 9.17) is 29.6 Å². The van der Waals surface area contributed by atoms with E-state index >= 15 is 0 Å². The lowest BCUT2D eigenvalue weighted by atomic mass is 10.1. The molecule has 19 heavy (non-hydrogen) atoms. The van der Waals surface area contributed by atoms with Gasteiger partial charge in [-0.25, -0.2) is 0 Å². The van der Waals surface area contributed by atoms with Crippen molar-refractivity contribution in [2.75, 3.05) is 11.4 Å². The molecule has 1 aromatic carbocycles. The summed E-state index contributed by atoms with van der Waals surface area (Å²) < 4.78 is 0. The number of thiocarbonyl (C=S) groups is 1. The molecule has 0 saturated heterocycles. The number of hydrogen-bond acceptors (Lipinski definition) is 2. The Kier molecular flexibility index (Phi) is 6.59. The van der Waals surface area contributed by atoms with E-state index in [1.807, 2.05) is 18.2 Å². The third-order valence-corrected chi connectivity index (χ3v) is 3.71. The average molecular weight is 299 g/mol. The molecule has 0 amide bonds. The fourth-order valence-electron chi connectivity index (χ4n) is 2.10. The van der Waals surface area contributed by atoms with Crippen molar-refractivity contribution in [3.63, 3.8) is 0 Å². The second-order valence-corrected chi connectivity index (χ2v) is 5.87. The summed E-state index contributed by atoms with van der Waals surface area (Å²) >= 11 is 11.2. The Balaban J connectivity index is 2.90. The molecule has 106 valence electrons. The van der Waals surface area contributed by atoms with Crippen molar-refractivity contribution in [3.8, 4) is 0 Å². The van der Waals surface area contributed by atoms with Crippen LogP contribution in [-0.4, -0.2) is 17.6 Å². The first kappa shape index (κ1) is 16.3. The van der Waals surface area contributed by atoms with Crippen LogP contribution in [0.25, 0.3) is 0 Å². The maximum atomic E-state index is 6.24. The normalized spacial score (nSPS) is 10.8. The van der Waals surface area contributed by atoms with Crippen molar-refractivity contribution in [3.05, 3.63) is 28.8 Å². The molecule has 4 heteroatoms. The van der Waals surface area contributed by atoms with E-state index in [1.54, 1.807) is 0 Å². The van der Waals surface area contributed by atoms with Gasteiger partial charge in [0.2, 0.25) is 0 Å². The first-order chi connectivity index (χ1) is 8.97. The standard InChI is InChI=1S/C15H23ClN2S/c1-4-5-6-9-18(11(2)3)12-7-8-13(15(17)19)14(16)10-12/h7-8,10-11H,4-6,9H2,1-3H3,(H2,17,19). The molecule has 0 fully saturated rings. The van der Waals surface area contributed by atoms with Crippen LogP contribution in [0.4, 0.5) is 5.69 Å².